The molecule has 0 unspecified atom stereocenters. The highest BCUT2D eigenvalue weighted by Gasteiger charge is 2.33. The third kappa shape index (κ3) is 3.20. The molecule has 3 aromatic heterocycles. The van der Waals surface area contributed by atoms with Crippen LogP contribution >= 0.6 is 0 Å². The number of carbonyl (C=O) groups is 1. The average molecular weight is 392 g/mol. The van der Waals surface area contributed by atoms with Crippen molar-refractivity contribution in [3.8, 4) is 11.1 Å². The standard InChI is InChI=1S/C22H24N4O3/c1-13-17-3-5-23-22(17)25-11-18(13)14-7-20-19(24-10-14)9-21(27)26(20)12-16-8-15(28-2)4-6-29-16/h3,5,7,10-11,15-16H,4,6,8-9,12H2,1-2H3,(H,23,25)/t15-,16+/m0/s1. The van der Waals surface area contributed by atoms with Gasteiger partial charge in [0, 0.05) is 55.2 Å². The van der Waals surface area contributed by atoms with E-state index in [2.05, 4.69) is 27.9 Å². The lowest BCUT2D eigenvalue weighted by molar-refractivity contribution is -0.118. The lowest BCUT2D eigenvalue weighted by atomic mass is 10.0. The zero-order valence-corrected chi connectivity index (χ0v) is 16.6. The quantitative estimate of drug-likeness (QED) is 0.738. The molecule has 5 rings (SSSR count). The lowest BCUT2D eigenvalue weighted by Gasteiger charge is -2.31. The fourth-order valence-corrected chi connectivity index (χ4v) is 4.39. The van der Waals surface area contributed by atoms with Gasteiger partial charge >= 0.3 is 0 Å². The maximum absolute atomic E-state index is 12.7. The highest BCUT2D eigenvalue weighted by Crippen LogP contribution is 2.35. The van der Waals surface area contributed by atoms with Crippen molar-refractivity contribution in [2.75, 3.05) is 25.2 Å². The van der Waals surface area contributed by atoms with Crippen LogP contribution in [0.5, 0.6) is 0 Å². The van der Waals surface area contributed by atoms with Crippen molar-refractivity contribution in [1.82, 2.24) is 15.0 Å². The number of aryl methyl sites for hydroxylation is 1. The van der Waals surface area contributed by atoms with Crippen molar-refractivity contribution in [3.05, 3.63) is 42.0 Å². The Morgan fingerprint density at radius 2 is 2.24 bits per heavy atom. The second-order valence-electron chi connectivity index (χ2n) is 7.78. The molecule has 0 bridgehead atoms. The number of pyridine rings is 2. The van der Waals surface area contributed by atoms with Crippen LogP contribution in [0.1, 0.15) is 24.1 Å². The first-order chi connectivity index (χ1) is 14.1. The molecule has 0 radical (unpaired) electrons. The Bertz CT molecular complexity index is 1080. The Kier molecular flexibility index (Phi) is 4.56. The first kappa shape index (κ1) is 18.3. The van der Waals surface area contributed by atoms with Gasteiger partial charge in [0.15, 0.2) is 0 Å². The molecule has 1 saturated heterocycles. The monoisotopic (exact) mass is 392 g/mol. The summed E-state index contributed by atoms with van der Waals surface area (Å²) in [5, 5.41) is 1.09. The number of fused-ring (bicyclic) bond motifs is 2. The summed E-state index contributed by atoms with van der Waals surface area (Å²) in [6, 6.07) is 4.09. The summed E-state index contributed by atoms with van der Waals surface area (Å²) < 4.78 is 11.4. The normalized spacial score (nSPS) is 21.7. The molecule has 1 fully saturated rings. The highest BCUT2D eigenvalue weighted by molar-refractivity contribution is 6.01. The molecule has 150 valence electrons. The fourth-order valence-electron chi connectivity index (χ4n) is 4.39. The van der Waals surface area contributed by atoms with E-state index in [4.69, 9.17) is 9.47 Å². The van der Waals surface area contributed by atoms with Crippen molar-refractivity contribution in [3.63, 3.8) is 0 Å². The summed E-state index contributed by atoms with van der Waals surface area (Å²) in [4.78, 5) is 26.8. The van der Waals surface area contributed by atoms with Crippen LogP contribution in [-0.4, -0.2) is 53.3 Å². The molecule has 0 aromatic carbocycles. The number of aromatic nitrogens is 3. The topological polar surface area (TPSA) is 80.3 Å². The first-order valence-electron chi connectivity index (χ1n) is 10.0. The van der Waals surface area contributed by atoms with Crippen LogP contribution < -0.4 is 4.90 Å². The van der Waals surface area contributed by atoms with Crippen LogP contribution in [0.15, 0.2) is 30.7 Å². The van der Waals surface area contributed by atoms with Gasteiger partial charge in [0.25, 0.3) is 0 Å². The van der Waals surface area contributed by atoms with Gasteiger partial charge in [-0.3, -0.25) is 9.78 Å². The van der Waals surface area contributed by atoms with Crippen molar-refractivity contribution in [2.45, 2.75) is 38.4 Å². The van der Waals surface area contributed by atoms with E-state index in [1.165, 1.54) is 0 Å². The van der Waals surface area contributed by atoms with E-state index >= 15 is 0 Å². The van der Waals surface area contributed by atoms with Crippen molar-refractivity contribution >= 4 is 22.6 Å². The summed E-state index contributed by atoms with van der Waals surface area (Å²) >= 11 is 0. The first-order valence-corrected chi connectivity index (χ1v) is 10.0. The number of ether oxygens (including phenoxy) is 2. The van der Waals surface area contributed by atoms with Crippen molar-refractivity contribution in [1.29, 1.82) is 0 Å². The van der Waals surface area contributed by atoms with Gasteiger partial charge in [0.1, 0.15) is 5.65 Å². The van der Waals surface area contributed by atoms with Gasteiger partial charge in [-0.05, 0) is 31.0 Å². The molecule has 29 heavy (non-hydrogen) atoms. The molecule has 2 aliphatic heterocycles. The average Bonchev–Trinajstić information content (AvgIpc) is 3.33. The molecular formula is C22H24N4O3. The second kappa shape index (κ2) is 7.24. The highest BCUT2D eigenvalue weighted by atomic mass is 16.5. The molecule has 3 aromatic rings. The largest absolute Gasteiger partial charge is 0.381 e. The summed E-state index contributed by atoms with van der Waals surface area (Å²) in [5.41, 5.74) is 5.72. The summed E-state index contributed by atoms with van der Waals surface area (Å²) in [6.07, 6.45) is 7.82. The minimum Gasteiger partial charge on any atom is -0.381 e. The number of nitrogens with one attached hydrogen (secondary N) is 1. The molecule has 0 saturated carbocycles. The Labute approximate surface area is 169 Å². The van der Waals surface area contributed by atoms with Gasteiger partial charge in [0.05, 0.1) is 36.6 Å². The van der Waals surface area contributed by atoms with Crippen molar-refractivity contribution in [2.24, 2.45) is 0 Å². The van der Waals surface area contributed by atoms with Crippen molar-refractivity contribution < 1.29 is 14.3 Å². The maximum atomic E-state index is 12.7. The fraction of sp³-hybridized carbons (Fsp3) is 0.409. The number of anilines is 1. The second-order valence-corrected chi connectivity index (χ2v) is 7.78. The molecule has 0 aliphatic carbocycles. The zero-order valence-electron chi connectivity index (χ0n) is 16.6. The van der Waals surface area contributed by atoms with E-state index in [-0.39, 0.29) is 18.1 Å². The van der Waals surface area contributed by atoms with Crippen LogP contribution in [0.2, 0.25) is 0 Å². The lowest BCUT2D eigenvalue weighted by Crippen LogP contribution is -2.41. The predicted molar refractivity (Wildman–Crippen MR) is 110 cm³/mol. The Morgan fingerprint density at radius 1 is 1.34 bits per heavy atom. The number of hydrogen-bond donors (Lipinski definition) is 1. The van der Waals surface area contributed by atoms with Gasteiger partial charge < -0.3 is 19.4 Å². The Balaban J connectivity index is 1.47. The number of carbonyl (C=O) groups excluding carboxylic acids is 1. The van der Waals surface area contributed by atoms with Crippen LogP contribution in [0.4, 0.5) is 5.69 Å². The van der Waals surface area contributed by atoms with E-state index < -0.39 is 0 Å². The molecule has 1 N–H and O–H groups in total. The molecule has 1 amide bonds. The Hall–Kier alpha value is -2.77. The summed E-state index contributed by atoms with van der Waals surface area (Å²) in [5.74, 6) is 0.0729. The van der Waals surface area contributed by atoms with Gasteiger partial charge in [0.2, 0.25) is 5.91 Å². The molecule has 2 atom stereocenters. The van der Waals surface area contributed by atoms with E-state index in [1.807, 2.05) is 29.6 Å². The molecule has 0 spiro atoms. The predicted octanol–water partition coefficient (Wildman–Crippen LogP) is 3.02. The molecular weight excluding hydrogens is 368 g/mol. The third-order valence-electron chi connectivity index (χ3n) is 6.06. The number of rotatable bonds is 4. The zero-order chi connectivity index (χ0) is 20.0. The SMILES string of the molecule is CO[C@H]1CCO[C@@H](CN2C(=O)Cc3ncc(-c4cnc5[nH]ccc5c4C)cc32)C1. The van der Waals surface area contributed by atoms with Crippen LogP contribution in [-0.2, 0) is 20.7 Å². The van der Waals surface area contributed by atoms with Gasteiger partial charge in [-0.2, -0.15) is 0 Å². The van der Waals surface area contributed by atoms with E-state index in [0.717, 1.165) is 51.9 Å². The molecule has 7 heteroatoms. The minimum absolute atomic E-state index is 0.0214. The molecule has 7 nitrogen and oxygen atoms in total. The van der Waals surface area contributed by atoms with E-state index in [9.17, 15) is 4.79 Å². The third-order valence-corrected chi connectivity index (χ3v) is 6.06. The number of nitrogens with zero attached hydrogens (tertiary/aromatic N) is 3. The number of hydrogen-bond acceptors (Lipinski definition) is 5. The van der Waals surface area contributed by atoms with Gasteiger partial charge in [-0.1, -0.05) is 0 Å². The van der Waals surface area contributed by atoms with Gasteiger partial charge in [-0.15, -0.1) is 0 Å². The number of H-pyrrole nitrogens is 1. The van der Waals surface area contributed by atoms with Crippen LogP contribution in [0.3, 0.4) is 0 Å². The minimum atomic E-state index is -0.0214. The van der Waals surface area contributed by atoms with Crippen LogP contribution in [0.25, 0.3) is 22.2 Å². The summed E-state index contributed by atoms with van der Waals surface area (Å²) in [7, 11) is 1.73. The van der Waals surface area contributed by atoms with E-state index in [1.54, 1.807) is 7.11 Å². The number of methoxy groups -OCH3 is 1. The number of amides is 1. The number of aromatic amines is 1. The van der Waals surface area contributed by atoms with E-state index in [0.29, 0.717) is 19.6 Å². The molecule has 5 heterocycles. The van der Waals surface area contributed by atoms with Gasteiger partial charge in [-0.25, -0.2) is 4.98 Å². The maximum Gasteiger partial charge on any atom is 0.233 e. The smallest absolute Gasteiger partial charge is 0.233 e. The molecule has 2 aliphatic rings. The Morgan fingerprint density at radius 3 is 3.10 bits per heavy atom. The van der Waals surface area contributed by atoms with Crippen LogP contribution in [0, 0.1) is 6.92 Å². The summed E-state index contributed by atoms with van der Waals surface area (Å²) in [6.45, 7) is 3.28.